The molecule has 0 bridgehead atoms. The fourth-order valence-electron chi connectivity index (χ4n) is 3.47. The highest BCUT2D eigenvalue weighted by Gasteiger charge is 2.39. The van der Waals surface area contributed by atoms with E-state index in [0.717, 1.165) is 52.4 Å². The molecule has 2 aromatic rings. The Morgan fingerprint density at radius 2 is 1.79 bits per heavy atom. The first-order chi connectivity index (χ1) is 14.0. The van der Waals surface area contributed by atoms with Crippen molar-refractivity contribution in [3.8, 4) is 0 Å². The summed E-state index contributed by atoms with van der Waals surface area (Å²) in [7, 11) is 2.13. The lowest BCUT2D eigenvalue weighted by Gasteiger charge is -2.33. The molecule has 1 fully saturated rings. The van der Waals surface area contributed by atoms with Gasteiger partial charge < -0.3 is 10.2 Å². The molecule has 1 amide bonds. The zero-order valence-electron chi connectivity index (χ0n) is 16.3. The second-order valence-electron chi connectivity index (χ2n) is 7.37. The fraction of sp³-hybridized carbons (Fsp3) is 0.318. The molecule has 29 heavy (non-hydrogen) atoms. The van der Waals surface area contributed by atoms with Crippen molar-refractivity contribution in [3.63, 3.8) is 0 Å². The Morgan fingerprint density at radius 1 is 1.10 bits per heavy atom. The fourth-order valence-corrected chi connectivity index (χ4v) is 4.61. The highest BCUT2D eigenvalue weighted by Crippen LogP contribution is 2.35. The molecule has 0 saturated carbocycles. The van der Waals surface area contributed by atoms with Crippen molar-refractivity contribution in [1.82, 2.24) is 4.90 Å². The van der Waals surface area contributed by atoms with Gasteiger partial charge in [-0.25, -0.2) is 4.99 Å². The van der Waals surface area contributed by atoms with E-state index >= 15 is 0 Å². The van der Waals surface area contributed by atoms with Crippen LogP contribution in [0.4, 0.5) is 5.69 Å². The van der Waals surface area contributed by atoms with Gasteiger partial charge in [0.15, 0.2) is 5.66 Å². The highest BCUT2D eigenvalue weighted by molar-refractivity contribution is 9.10. The van der Waals surface area contributed by atoms with Gasteiger partial charge in [-0.05, 0) is 31.3 Å². The first-order valence-electron chi connectivity index (χ1n) is 9.65. The van der Waals surface area contributed by atoms with Gasteiger partial charge in [0.05, 0.1) is 11.5 Å². The van der Waals surface area contributed by atoms with Crippen molar-refractivity contribution in [1.29, 1.82) is 0 Å². The SMILES string of the molecule is CN1CCC2(CC1)N=C(SCC(=O)Nc1ccccc1)C(c1ccc(Br)cc1)=N2. The number of carbonyl (C=O) groups excluding carboxylic acids is 1. The number of rotatable bonds is 4. The summed E-state index contributed by atoms with van der Waals surface area (Å²) >= 11 is 4.96. The third kappa shape index (κ3) is 4.97. The summed E-state index contributed by atoms with van der Waals surface area (Å²) in [5, 5.41) is 3.80. The van der Waals surface area contributed by atoms with Gasteiger partial charge in [-0.2, -0.15) is 0 Å². The number of nitrogens with zero attached hydrogens (tertiary/aromatic N) is 3. The predicted octanol–water partition coefficient (Wildman–Crippen LogP) is 4.44. The average Bonchev–Trinajstić information content (AvgIpc) is 3.09. The Bertz CT molecular complexity index is 935. The molecular formula is C22H23BrN4OS. The highest BCUT2D eigenvalue weighted by atomic mass is 79.9. The third-order valence-electron chi connectivity index (χ3n) is 5.14. The van der Waals surface area contributed by atoms with Crippen LogP contribution in [-0.2, 0) is 4.79 Å². The van der Waals surface area contributed by atoms with Gasteiger partial charge in [0.1, 0.15) is 5.04 Å². The maximum Gasteiger partial charge on any atom is 0.234 e. The van der Waals surface area contributed by atoms with Gasteiger partial charge >= 0.3 is 0 Å². The van der Waals surface area contributed by atoms with E-state index in [2.05, 4.69) is 45.3 Å². The summed E-state index contributed by atoms with van der Waals surface area (Å²) < 4.78 is 1.03. The van der Waals surface area contributed by atoms with Crippen molar-refractivity contribution in [2.75, 3.05) is 31.2 Å². The number of likely N-dealkylation sites (tertiary alicyclic amines) is 1. The summed E-state index contributed by atoms with van der Waals surface area (Å²) in [5.74, 6) is 0.266. The van der Waals surface area contributed by atoms with E-state index in [1.54, 1.807) is 0 Å². The van der Waals surface area contributed by atoms with Gasteiger partial charge in [-0.1, -0.05) is 58.0 Å². The number of thioether (sulfide) groups is 1. The van der Waals surface area contributed by atoms with E-state index in [0.29, 0.717) is 5.75 Å². The van der Waals surface area contributed by atoms with Crippen LogP contribution >= 0.6 is 27.7 Å². The minimum atomic E-state index is -0.382. The van der Waals surface area contributed by atoms with Gasteiger partial charge in [-0.3, -0.25) is 9.79 Å². The Morgan fingerprint density at radius 3 is 2.48 bits per heavy atom. The molecule has 1 spiro atoms. The van der Waals surface area contributed by atoms with Crippen LogP contribution in [0.25, 0.3) is 0 Å². The average molecular weight is 471 g/mol. The smallest absolute Gasteiger partial charge is 0.234 e. The Labute approximate surface area is 183 Å². The van der Waals surface area contributed by atoms with E-state index in [9.17, 15) is 4.79 Å². The summed E-state index contributed by atoms with van der Waals surface area (Å²) in [5.41, 5.74) is 2.37. The lowest BCUT2D eigenvalue weighted by molar-refractivity contribution is -0.113. The van der Waals surface area contributed by atoms with Crippen molar-refractivity contribution >= 4 is 50.0 Å². The third-order valence-corrected chi connectivity index (χ3v) is 6.63. The van der Waals surface area contributed by atoms with Gasteiger partial charge in [0, 0.05) is 41.7 Å². The zero-order chi connectivity index (χ0) is 20.3. The van der Waals surface area contributed by atoms with Gasteiger partial charge in [-0.15, -0.1) is 0 Å². The Balaban J connectivity index is 1.51. The standard InChI is InChI=1S/C22H23BrN4OS/c1-27-13-11-22(12-14-27)25-20(16-7-9-17(23)10-8-16)21(26-22)29-15-19(28)24-18-5-3-2-4-6-18/h2-10H,11-15H2,1H3,(H,24,28). The molecule has 4 rings (SSSR count). The maximum absolute atomic E-state index is 12.4. The Kier molecular flexibility index (Phi) is 6.18. The molecule has 2 heterocycles. The van der Waals surface area contributed by atoms with Crippen molar-refractivity contribution in [2.45, 2.75) is 18.5 Å². The van der Waals surface area contributed by atoms with Crippen LogP contribution < -0.4 is 5.32 Å². The van der Waals surface area contributed by atoms with E-state index in [-0.39, 0.29) is 11.6 Å². The first kappa shape index (κ1) is 20.3. The number of para-hydroxylation sites is 1. The molecule has 2 aliphatic rings. The van der Waals surface area contributed by atoms with Crippen molar-refractivity contribution in [3.05, 3.63) is 64.6 Å². The number of amides is 1. The van der Waals surface area contributed by atoms with Crippen molar-refractivity contribution in [2.24, 2.45) is 9.98 Å². The molecule has 0 radical (unpaired) electrons. The number of hydrogen-bond donors (Lipinski definition) is 1. The molecule has 1 saturated heterocycles. The summed E-state index contributed by atoms with van der Waals surface area (Å²) in [6.45, 7) is 1.96. The van der Waals surface area contributed by atoms with Crippen molar-refractivity contribution < 1.29 is 4.79 Å². The molecule has 7 heteroatoms. The number of anilines is 1. The minimum absolute atomic E-state index is 0.0385. The minimum Gasteiger partial charge on any atom is -0.325 e. The van der Waals surface area contributed by atoms with E-state index in [4.69, 9.17) is 9.98 Å². The van der Waals surface area contributed by atoms with E-state index < -0.39 is 0 Å². The summed E-state index contributed by atoms with van der Waals surface area (Å²) in [4.78, 5) is 24.8. The first-order valence-corrected chi connectivity index (χ1v) is 11.4. The normalized spacial score (nSPS) is 18.4. The molecule has 2 aromatic carbocycles. The molecular weight excluding hydrogens is 448 g/mol. The largest absolute Gasteiger partial charge is 0.325 e. The maximum atomic E-state index is 12.4. The summed E-state index contributed by atoms with van der Waals surface area (Å²) in [6, 6.07) is 17.7. The van der Waals surface area contributed by atoms with Crippen LogP contribution in [0.1, 0.15) is 18.4 Å². The van der Waals surface area contributed by atoms with Crippen LogP contribution in [0.15, 0.2) is 69.1 Å². The molecule has 1 N–H and O–H groups in total. The number of carbonyl (C=O) groups is 1. The monoisotopic (exact) mass is 470 g/mol. The van der Waals surface area contributed by atoms with Crippen LogP contribution in [0.2, 0.25) is 0 Å². The van der Waals surface area contributed by atoms with Crippen LogP contribution in [0.3, 0.4) is 0 Å². The molecule has 0 unspecified atom stereocenters. The molecule has 0 aromatic heterocycles. The van der Waals surface area contributed by atoms with Crippen LogP contribution in [-0.4, -0.2) is 53.1 Å². The number of benzene rings is 2. The van der Waals surface area contributed by atoms with E-state index in [1.807, 2.05) is 42.5 Å². The number of nitrogens with one attached hydrogen (secondary N) is 1. The predicted molar refractivity (Wildman–Crippen MR) is 125 cm³/mol. The van der Waals surface area contributed by atoms with Gasteiger partial charge in [0.25, 0.3) is 0 Å². The molecule has 5 nitrogen and oxygen atoms in total. The molecule has 0 atom stereocenters. The molecule has 150 valence electrons. The van der Waals surface area contributed by atoms with Crippen LogP contribution in [0.5, 0.6) is 0 Å². The molecule has 2 aliphatic heterocycles. The summed E-state index contributed by atoms with van der Waals surface area (Å²) in [6.07, 6.45) is 1.81. The second-order valence-corrected chi connectivity index (χ2v) is 9.25. The lowest BCUT2D eigenvalue weighted by Crippen LogP contribution is -2.39. The number of halogens is 1. The topological polar surface area (TPSA) is 57.1 Å². The zero-order valence-corrected chi connectivity index (χ0v) is 18.7. The molecule has 0 aliphatic carbocycles. The van der Waals surface area contributed by atoms with Crippen LogP contribution in [0, 0.1) is 0 Å². The Hall–Kier alpha value is -1.96. The van der Waals surface area contributed by atoms with Gasteiger partial charge in [0.2, 0.25) is 5.91 Å². The number of hydrogen-bond acceptors (Lipinski definition) is 5. The number of piperidine rings is 1. The quantitative estimate of drug-likeness (QED) is 0.717. The lowest BCUT2D eigenvalue weighted by atomic mass is 9.99. The number of aliphatic imine (C=N–C) groups is 2. The van der Waals surface area contributed by atoms with E-state index in [1.165, 1.54) is 11.8 Å². The second kappa shape index (κ2) is 8.81.